The number of fused-ring (bicyclic) bond motifs is 1. The first-order valence-electron chi connectivity index (χ1n) is 6.25. The Kier molecular flexibility index (Phi) is 3.63. The number of para-hydroxylation sites is 2. The first-order valence-corrected chi connectivity index (χ1v) is 7.04. The summed E-state index contributed by atoms with van der Waals surface area (Å²) >= 11 is 3.16. The van der Waals surface area contributed by atoms with Gasteiger partial charge in [-0.3, -0.25) is 0 Å². The van der Waals surface area contributed by atoms with E-state index in [2.05, 4.69) is 15.9 Å². The van der Waals surface area contributed by atoms with Crippen LogP contribution in [0.5, 0.6) is 11.5 Å². The molecule has 104 valence electrons. The van der Waals surface area contributed by atoms with E-state index in [1.165, 1.54) is 0 Å². The van der Waals surface area contributed by atoms with Gasteiger partial charge in [-0.05, 0) is 34.1 Å². The van der Waals surface area contributed by atoms with E-state index in [1.54, 1.807) is 18.2 Å². The van der Waals surface area contributed by atoms with Crippen molar-refractivity contribution < 1.29 is 13.9 Å². The maximum atomic E-state index is 14.1. The fourth-order valence-electron chi connectivity index (χ4n) is 2.19. The van der Waals surface area contributed by atoms with Crippen LogP contribution in [0.1, 0.15) is 11.6 Å². The number of hydrogen-bond acceptors (Lipinski definition) is 3. The summed E-state index contributed by atoms with van der Waals surface area (Å²) in [5.41, 5.74) is 6.54. The molecule has 1 aliphatic heterocycles. The molecule has 0 spiro atoms. The van der Waals surface area contributed by atoms with Crippen molar-refractivity contribution in [1.82, 2.24) is 0 Å². The molecule has 1 aliphatic rings. The minimum Gasteiger partial charge on any atom is -0.486 e. The Balaban J connectivity index is 1.86. The molecule has 2 N–H and O–H groups in total. The zero-order chi connectivity index (χ0) is 14.1. The number of rotatable bonds is 2. The number of ether oxygens (including phenoxy) is 2. The zero-order valence-corrected chi connectivity index (χ0v) is 12.1. The molecule has 0 aromatic heterocycles. The summed E-state index contributed by atoms with van der Waals surface area (Å²) in [5.74, 6) is 0.961. The van der Waals surface area contributed by atoms with Gasteiger partial charge in [0.2, 0.25) is 0 Å². The largest absolute Gasteiger partial charge is 0.486 e. The highest BCUT2D eigenvalue weighted by Gasteiger charge is 2.29. The molecule has 2 aromatic rings. The summed E-state index contributed by atoms with van der Waals surface area (Å²) < 4.78 is 25.9. The van der Waals surface area contributed by atoms with Crippen molar-refractivity contribution in [1.29, 1.82) is 0 Å². The lowest BCUT2D eigenvalue weighted by Gasteiger charge is -2.30. The molecule has 3 nitrogen and oxygen atoms in total. The molecule has 5 heteroatoms. The van der Waals surface area contributed by atoms with E-state index in [0.717, 1.165) is 0 Å². The molecule has 0 fully saturated rings. The Labute approximate surface area is 124 Å². The van der Waals surface area contributed by atoms with Gasteiger partial charge in [-0.15, -0.1) is 0 Å². The van der Waals surface area contributed by atoms with Crippen LogP contribution in [-0.2, 0) is 0 Å². The molecule has 1 heterocycles. The topological polar surface area (TPSA) is 44.5 Å². The average molecular weight is 338 g/mol. The summed E-state index contributed by atoms with van der Waals surface area (Å²) in [6.45, 7) is 0.296. The van der Waals surface area contributed by atoms with Gasteiger partial charge < -0.3 is 15.2 Å². The average Bonchev–Trinajstić information content (AvgIpc) is 2.49. The molecule has 20 heavy (non-hydrogen) atoms. The molecule has 2 unspecified atom stereocenters. The monoisotopic (exact) mass is 337 g/mol. The summed E-state index contributed by atoms with van der Waals surface area (Å²) in [6, 6.07) is 11.8. The smallest absolute Gasteiger partial charge is 0.161 e. The van der Waals surface area contributed by atoms with Gasteiger partial charge in [0.05, 0.1) is 10.5 Å². The highest BCUT2D eigenvalue weighted by molar-refractivity contribution is 9.10. The molecule has 0 radical (unpaired) electrons. The fraction of sp³-hybridized carbons (Fsp3) is 0.200. The van der Waals surface area contributed by atoms with Crippen LogP contribution in [0.3, 0.4) is 0 Å². The predicted molar refractivity (Wildman–Crippen MR) is 77.4 cm³/mol. The van der Waals surface area contributed by atoms with Crippen molar-refractivity contribution in [2.45, 2.75) is 12.1 Å². The molecule has 0 bridgehead atoms. The Bertz CT molecular complexity index is 635. The number of halogens is 2. The van der Waals surface area contributed by atoms with Crippen LogP contribution in [-0.4, -0.2) is 12.7 Å². The summed E-state index contributed by atoms with van der Waals surface area (Å²) in [6.07, 6.45) is -0.423. The Morgan fingerprint density at radius 2 is 1.90 bits per heavy atom. The molecule has 0 amide bonds. The van der Waals surface area contributed by atoms with E-state index in [-0.39, 0.29) is 5.82 Å². The van der Waals surface area contributed by atoms with Crippen LogP contribution in [0.2, 0.25) is 0 Å². The summed E-state index contributed by atoms with van der Waals surface area (Å²) in [7, 11) is 0. The van der Waals surface area contributed by atoms with Gasteiger partial charge >= 0.3 is 0 Å². The number of nitrogens with two attached hydrogens (primary N) is 1. The van der Waals surface area contributed by atoms with Gasteiger partial charge in [0.15, 0.2) is 17.6 Å². The third-order valence-electron chi connectivity index (χ3n) is 3.27. The third-order valence-corrected chi connectivity index (χ3v) is 3.88. The van der Waals surface area contributed by atoms with E-state index in [1.807, 2.05) is 24.3 Å². The molecular weight excluding hydrogens is 325 g/mol. The molecule has 2 aromatic carbocycles. The minimum absolute atomic E-state index is 0.296. The standard InChI is InChI=1S/C15H13BrFNO2/c16-10-5-3-4-9(14(10)17)15(18)13-8-19-11-6-1-2-7-12(11)20-13/h1-7,13,15H,8,18H2. The Hall–Kier alpha value is -1.59. The van der Waals surface area contributed by atoms with Gasteiger partial charge in [0.1, 0.15) is 12.4 Å². The second kappa shape index (κ2) is 5.42. The highest BCUT2D eigenvalue weighted by Crippen LogP contribution is 2.34. The first-order chi connectivity index (χ1) is 9.66. The van der Waals surface area contributed by atoms with Crippen LogP contribution in [0.4, 0.5) is 4.39 Å². The summed E-state index contributed by atoms with van der Waals surface area (Å²) in [5, 5.41) is 0. The van der Waals surface area contributed by atoms with Crippen molar-refractivity contribution in [2.75, 3.05) is 6.61 Å². The Morgan fingerprint density at radius 3 is 2.70 bits per heavy atom. The van der Waals surface area contributed by atoms with E-state index >= 15 is 0 Å². The SMILES string of the molecule is NC(c1cccc(Br)c1F)C1COc2ccccc2O1. The van der Waals surface area contributed by atoms with Crippen molar-refractivity contribution in [3.63, 3.8) is 0 Å². The van der Waals surface area contributed by atoms with E-state index < -0.39 is 12.1 Å². The maximum absolute atomic E-state index is 14.1. The molecule has 0 saturated heterocycles. The summed E-state index contributed by atoms with van der Waals surface area (Å²) in [4.78, 5) is 0. The van der Waals surface area contributed by atoms with E-state index in [0.29, 0.717) is 28.1 Å². The second-order valence-electron chi connectivity index (χ2n) is 4.58. The molecule has 0 saturated carbocycles. The lowest BCUT2D eigenvalue weighted by Crippen LogP contribution is -2.39. The van der Waals surface area contributed by atoms with Crippen LogP contribution < -0.4 is 15.2 Å². The molecule has 0 aliphatic carbocycles. The zero-order valence-electron chi connectivity index (χ0n) is 10.6. The third kappa shape index (κ3) is 2.39. The number of benzene rings is 2. The molecule has 2 atom stereocenters. The van der Waals surface area contributed by atoms with Crippen LogP contribution in [0.15, 0.2) is 46.9 Å². The normalized spacial score (nSPS) is 18.6. The fourth-order valence-corrected chi connectivity index (χ4v) is 2.57. The van der Waals surface area contributed by atoms with Gasteiger partial charge in [-0.1, -0.05) is 24.3 Å². The maximum Gasteiger partial charge on any atom is 0.161 e. The van der Waals surface area contributed by atoms with Crippen LogP contribution >= 0.6 is 15.9 Å². The van der Waals surface area contributed by atoms with Gasteiger partial charge in [-0.25, -0.2) is 4.39 Å². The van der Waals surface area contributed by atoms with Crippen molar-refractivity contribution >= 4 is 15.9 Å². The Morgan fingerprint density at radius 1 is 1.15 bits per heavy atom. The van der Waals surface area contributed by atoms with E-state index in [4.69, 9.17) is 15.2 Å². The molecule has 3 rings (SSSR count). The molecular formula is C15H13BrFNO2. The first kappa shape index (κ1) is 13.4. The van der Waals surface area contributed by atoms with Crippen molar-refractivity contribution in [2.24, 2.45) is 5.73 Å². The lowest BCUT2D eigenvalue weighted by atomic mass is 10.0. The van der Waals surface area contributed by atoms with Crippen LogP contribution in [0, 0.1) is 5.82 Å². The minimum atomic E-state index is -0.596. The second-order valence-corrected chi connectivity index (χ2v) is 5.44. The predicted octanol–water partition coefficient (Wildman–Crippen LogP) is 3.43. The lowest BCUT2D eigenvalue weighted by molar-refractivity contribution is 0.0712. The van der Waals surface area contributed by atoms with Gasteiger partial charge in [0, 0.05) is 5.56 Å². The quantitative estimate of drug-likeness (QED) is 0.913. The van der Waals surface area contributed by atoms with Gasteiger partial charge in [-0.2, -0.15) is 0 Å². The van der Waals surface area contributed by atoms with Crippen molar-refractivity contribution in [3.05, 3.63) is 58.3 Å². The number of hydrogen-bond donors (Lipinski definition) is 1. The van der Waals surface area contributed by atoms with E-state index in [9.17, 15) is 4.39 Å². The van der Waals surface area contributed by atoms with Crippen molar-refractivity contribution in [3.8, 4) is 11.5 Å². The highest BCUT2D eigenvalue weighted by atomic mass is 79.9. The van der Waals surface area contributed by atoms with Crippen LogP contribution in [0.25, 0.3) is 0 Å². The van der Waals surface area contributed by atoms with Gasteiger partial charge in [0.25, 0.3) is 0 Å².